The van der Waals surface area contributed by atoms with Crippen molar-refractivity contribution in [2.75, 3.05) is 13.1 Å². The first-order valence-electron chi connectivity index (χ1n) is 7.87. The van der Waals surface area contributed by atoms with Crippen molar-refractivity contribution in [1.82, 2.24) is 16.0 Å². The highest BCUT2D eigenvalue weighted by atomic mass is 35.5. The third-order valence-electron chi connectivity index (χ3n) is 3.47. The molecule has 0 fully saturated rings. The van der Waals surface area contributed by atoms with E-state index in [1.807, 2.05) is 0 Å². The van der Waals surface area contributed by atoms with E-state index in [0.29, 0.717) is 10.6 Å². The fourth-order valence-corrected chi connectivity index (χ4v) is 2.56. The summed E-state index contributed by atoms with van der Waals surface area (Å²) in [6, 6.07) is 10.4. The molecule has 9 heteroatoms. The lowest BCUT2D eigenvalue weighted by molar-refractivity contribution is -0.125. The average molecular weight is 412 g/mol. The normalized spacial score (nSPS) is 10.2. The molecule has 0 bridgehead atoms. The van der Waals surface area contributed by atoms with Crippen molar-refractivity contribution in [3.63, 3.8) is 0 Å². The van der Waals surface area contributed by atoms with Crippen LogP contribution in [0.1, 0.15) is 15.9 Å². The Kier molecular flexibility index (Phi) is 7.57. The van der Waals surface area contributed by atoms with Gasteiger partial charge in [0, 0.05) is 17.1 Å². The molecule has 2 aromatic carbocycles. The summed E-state index contributed by atoms with van der Waals surface area (Å²) < 4.78 is 13.4. The summed E-state index contributed by atoms with van der Waals surface area (Å²) in [6.45, 7) is -0.629. The number of hydrogen-bond acceptors (Lipinski definition) is 3. The topological polar surface area (TPSA) is 87.3 Å². The molecule has 6 nitrogen and oxygen atoms in total. The molecule has 3 N–H and O–H groups in total. The van der Waals surface area contributed by atoms with Crippen LogP contribution >= 0.6 is 23.2 Å². The highest BCUT2D eigenvalue weighted by molar-refractivity contribution is 6.36. The van der Waals surface area contributed by atoms with Gasteiger partial charge >= 0.3 is 0 Å². The molecule has 0 spiro atoms. The average Bonchev–Trinajstić information content (AvgIpc) is 2.63. The smallest absolute Gasteiger partial charge is 0.253 e. The highest BCUT2D eigenvalue weighted by Gasteiger charge is 2.12. The molecule has 142 valence electrons. The van der Waals surface area contributed by atoms with Crippen LogP contribution in [0.3, 0.4) is 0 Å². The largest absolute Gasteiger partial charge is 0.350 e. The van der Waals surface area contributed by atoms with E-state index >= 15 is 0 Å². The van der Waals surface area contributed by atoms with Gasteiger partial charge in [0.2, 0.25) is 11.8 Å². The van der Waals surface area contributed by atoms with Crippen LogP contribution < -0.4 is 16.0 Å². The molecule has 0 aliphatic rings. The fourth-order valence-electron chi connectivity index (χ4n) is 2.07. The van der Waals surface area contributed by atoms with Crippen LogP contribution in [0.2, 0.25) is 10.0 Å². The van der Waals surface area contributed by atoms with Crippen LogP contribution in [-0.2, 0) is 16.1 Å². The first-order chi connectivity index (χ1) is 12.9. The Balaban J connectivity index is 1.71. The lowest BCUT2D eigenvalue weighted by Crippen LogP contribution is -2.41. The molecule has 0 aliphatic carbocycles. The summed E-state index contributed by atoms with van der Waals surface area (Å²) in [5.41, 5.74) is 0.515. The SMILES string of the molecule is O=C(CNC(=O)CNC(=O)c1ccc(Cl)cc1Cl)NCc1ccccc1F. The van der Waals surface area contributed by atoms with Gasteiger partial charge < -0.3 is 16.0 Å². The summed E-state index contributed by atoms with van der Waals surface area (Å²) in [6.07, 6.45) is 0. The van der Waals surface area contributed by atoms with Crippen molar-refractivity contribution in [2.24, 2.45) is 0 Å². The maximum Gasteiger partial charge on any atom is 0.253 e. The van der Waals surface area contributed by atoms with E-state index in [-0.39, 0.29) is 30.2 Å². The Labute approximate surface area is 165 Å². The molecule has 0 heterocycles. The van der Waals surface area contributed by atoms with Crippen molar-refractivity contribution in [2.45, 2.75) is 6.54 Å². The number of amides is 3. The lowest BCUT2D eigenvalue weighted by Gasteiger charge is -2.09. The molecule has 2 aromatic rings. The van der Waals surface area contributed by atoms with Gasteiger partial charge in [-0.25, -0.2) is 4.39 Å². The zero-order chi connectivity index (χ0) is 19.8. The summed E-state index contributed by atoms with van der Waals surface area (Å²) in [7, 11) is 0. The number of nitrogens with one attached hydrogen (secondary N) is 3. The van der Waals surface area contributed by atoms with Crippen LogP contribution in [-0.4, -0.2) is 30.8 Å². The van der Waals surface area contributed by atoms with E-state index in [2.05, 4.69) is 16.0 Å². The van der Waals surface area contributed by atoms with Gasteiger partial charge in [-0.2, -0.15) is 0 Å². The first kappa shape index (κ1) is 20.7. The van der Waals surface area contributed by atoms with Crippen molar-refractivity contribution in [3.05, 3.63) is 69.5 Å². The second kappa shape index (κ2) is 9.89. The molecule has 2 rings (SSSR count). The van der Waals surface area contributed by atoms with Crippen LogP contribution in [0.4, 0.5) is 4.39 Å². The van der Waals surface area contributed by atoms with Crippen molar-refractivity contribution >= 4 is 40.9 Å². The molecule has 0 unspecified atom stereocenters. The Morgan fingerprint density at radius 2 is 1.56 bits per heavy atom. The summed E-state index contributed by atoms with van der Waals surface area (Å²) in [5.74, 6) is -2.02. The van der Waals surface area contributed by atoms with E-state index < -0.39 is 23.5 Å². The number of hydrogen-bond donors (Lipinski definition) is 3. The third-order valence-corrected chi connectivity index (χ3v) is 4.01. The van der Waals surface area contributed by atoms with Gasteiger partial charge in [-0.15, -0.1) is 0 Å². The minimum Gasteiger partial charge on any atom is -0.350 e. The van der Waals surface area contributed by atoms with Gasteiger partial charge in [-0.05, 0) is 24.3 Å². The fraction of sp³-hybridized carbons (Fsp3) is 0.167. The number of carbonyl (C=O) groups is 3. The maximum atomic E-state index is 13.4. The zero-order valence-electron chi connectivity index (χ0n) is 14.0. The van der Waals surface area contributed by atoms with Crippen LogP contribution in [0.25, 0.3) is 0 Å². The Morgan fingerprint density at radius 3 is 2.26 bits per heavy atom. The summed E-state index contributed by atoms with van der Waals surface area (Å²) >= 11 is 11.7. The van der Waals surface area contributed by atoms with Crippen LogP contribution in [0, 0.1) is 5.82 Å². The van der Waals surface area contributed by atoms with E-state index in [9.17, 15) is 18.8 Å². The maximum absolute atomic E-state index is 13.4. The number of carbonyl (C=O) groups excluding carboxylic acids is 3. The van der Waals surface area contributed by atoms with Crippen molar-refractivity contribution in [3.8, 4) is 0 Å². The van der Waals surface area contributed by atoms with E-state index in [0.717, 1.165) is 0 Å². The van der Waals surface area contributed by atoms with Crippen molar-refractivity contribution < 1.29 is 18.8 Å². The third kappa shape index (κ3) is 6.54. The van der Waals surface area contributed by atoms with E-state index in [1.165, 1.54) is 24.3 Å². The first-order valence-corrected chi connectivity index (χ1v) is 8.62. The molecule has 27 heavy (non-hydrogen) atoms. The predicted octanol–water partition coefficient (Wildman–Crippen LogP) is 2.29. The molecule has 3 amide bonds. The number of benzene rings is 2. The second-order valence-electron chi connectivity index (χ2n) is 5.45. The quantitative estimate of drug-likeness (QED) is 0.652. The van der Waals surface area contributed by atoms with Gasteiger partial charge in [0.1, 0.15) is 5.82 Å². The summed E-state index contributed by atoms with van der Waals surface area (Å²) in [4.78, 5) is 35.4. The summed E-state index contributed by atoms with van der Waals surface area (Å²) in [5, 5.41) is 7.77. The van der Waals surface area contributed by atoms with E-state index in [1.54, 1.807) is 18.2 Å². The molecule has 0 aromatic heterocycles. The van der Waals surface area contributed by atoms with E-state index in [4.69, 9.17) is 23.2 Å². The molecule has 0 atom stereocenters. The van der Waals surface area contributed by atoms with Crippen LogP contribution in [0.15, 0.2) is 42.5 Å². The lowest BCUT2D eigenvalue weighted by atomic mass is 10.2. The Morgan fingerprint density at radius 1 is 0.889 bits per heavy atom. The zero-order valence-corrected chi connectivity index (χ0v) is 15.5. The Hall–Kier alpha value is -2.64. The standard InChI is InChI=1S/C18H16Cl2FN3O3/c19-12-5-6-13(14(20)7-12)18(27)24-10-17(26)23-9-16(25)22-8-11-3-1-2-4-15(11)21/h1-7H,8-10H2,(H,22,25)(H,23,26)(H,24,27). The second-order valence-corrected chi connectivity index (χ2v) is 6.30. The molecular formula is C18H16Cl2FN3O3. The van der Waals surface area contributed by atoms with Crippen molar-refractivity contribution in [1.29, 1.82) is 0 Å². The van der Waals surface area contributed by atoms with Gasteiger partial charge in [-0.3, -0.25) is 14.4 Å². The minimum absolute atomic E-state index is 0.00712. The predicted molar refractivity (Wildman–Crippen MR) is 100 cm³/mol. The molecule has 0 saturated carbocycles. The van der Waals surface area contributed by atoms with Gasteiger partial charge in [0.05, 0.1) is 23.7 Å². The van der Waals surface area contributed by atoms with Crippen LogP contribution in [0.5, 0.6) is 0 Å². The minimum atomic E-state index is -0.561. The highest BCUT2D eigenvalue weighted by Crippen LogP contribution is 2.20. The number of rotatable bonds is 7. The molecule has 0 radical (unpaired) electrons. The molecular weight excluding hydrogens is 396 g/mol. The number of halogens is 3. The van der Waals surface area contributed by atoms with Gasteiger partial charge in [-0.1, -0.05) is 41.4 Å². The Bertz CT molecular complexity index is 861. The molecule has 0 aliphatic heterocycles. The monoisotopic (exact) mass is 411 g/mol. The van der Waals surface area contributed by atoms with Gasteiger partial charge in [0.25, 0.3) is 5.91 Å². The molecule has 0 saturated heterocycles. The van der Waals surface area contributed by atoms with Gasteiger partial charge in [0.15, 0.2) is 0 Å².